The van der Waals surface area contributed by atoms with Gasteiger partial charge in [0.05, 0.1) is 0 Å². The summed E-state index contributed by atoms with van der Waals surface area (Å²) in [5, 5.41) is 9.89. The van der Waals surface area contributed by atoms with Gasteiger partial charge in [0.15, 0.2) is 5.69 Å². The first-order valence-corrected chi connectivity index (χ1v) is 8.02. The highest BCUT2D eigenvalue weighted by Crippen LogP contribution is 2.15. The first-order chi connectivity index (χ1) is 11.6. The van der Waals surface area contributed by atoms with Crippen LogP contribution >= 0.6 is 0 Å². The Kier molecular flexibility index (Phi) is 4.83. The summed E-state index contributed by atoms with van der Waals surface area (Å²) in [4.78, 5) is 34.5. The molecule has 1 saturated heterocycles. The van der Waals surface area contributed by atoms with Crippen LogP contribution in [0.4, 0.5) is 5.95 Å². The average molecular weight is 328 g/mol. The highest BCUT2D eigenvalue weighted by Gasteiger charge is 2.24. The Labute approximate surface area is 139 Å². The molecule has 1 aliphatic heterocycles. The van der Waals surface area contributed by atoms with Gasteiger partial charge in [0, 0.05) is 43.3 Å². The number of aromatic amines is 1. The van der Waals surface area contributed by atoms with Gasteiger partial charge in [0.1, 0.15) is 0 Å². The number of H-pyrrole nitrogens is 1. The Balaban J connectivity index is 1.64. The number of nitrogens with zero attached hydrogens (tertiary/aromatic N) is 4. The van der Waals surface area contributed by atoms with Gasteiger partial charge in [-0.25, -0.2) is 9.97 Å². The summed E-state index contributed by atoms with van der Waals surface area (Å²) in [7, 11) is 0. The second-order valence-electron chi connectivity index (χ2n) is 5.90. The van der Waals surface area contributed by atoms with Gasteiger partial charge in [-0.15, -0.1) is 0 Å². The Morgan fingerprint density at radius 2 is 2.08 bits per heavy atom. The number of nitrogens with one attached hydrogen (secondary N) is 2. The molecule has 0 aromatic carbocycles. The first-order valence-electron chi connectivity index (χ1n) is 8.02. The van der Waals surface area contributed by atoms with Crippen LogP contribution in [0.15, 0.2) is 29.3 Å². The molecule has 0 bridgehead atoms. The van der Waals surface area contributed by atoms with Crippen molar-refractivity contribution < 1.29 is 4.79 Å². The lowest BCUT2D eigenvalue weighted by atomic mass is 10.1. The maximum atomic E-state index is 12.5. The number of amides is 1. The molecular weight excluding hydrogens is 308 g/mol. The zero-order valence-electron chi connectivity index (χ0n) is 13.5. The van der Waals surface area contributed by atoms with Gasteiger partial charge in [-0.1, -0.05) is 0 Å². The Morgan fingerprint density at radius 3 is 2.83 bits per heavy atom. The van der Waals surface area contributed by atoms with Crippen molar-refractivity contribution in [3.05, 3.63) is 46.1 Å². The molecular formula is C16H20N6O2. The van der Waals surface area contributed by atoms with Crippen molar-refractivity contribution in [3.63, 3.8) is 0 Å². The van der Waals surface area contributed by atoms with Crippen molar-refractivity contribution in [2.75, 3.05) is 18.4 Å². The van der Waals surface area contributed by atoms with Gasteiger partial charge >= 0.3 is 0 Å². The molecule has 2 N–H and O–H groups in total. The van der Waals surface area contributed by atoms with Crippen LogP contribution in [0.5, 0.6) is 0 Å². The Morgan fingerprint density at radius 1 is 1.29 bits per heavy atom. The number of hydrogen-bond acceptors (Lipinski definition) is 6. The van der Waals surface area contributed by atoms with Gasteiger partial charge in [0.2, 0.25) is 11.4 Å². The first kappa shape index (κ1) is 16.1. The van der Waals surface area contributed by atoms with E-state index in [1.165, 1.54) is 6.07 Å². The van der Waals surface area contributed by atoms with Crippen LogP contribution in [0.3, 0.4) is 0 Å². The summed E-state index contributed by atoms with van der Waals surface area (Å²) in [5.41, 5.74) is 0.255. The zero-order chi connectivity index (χ0) is 16.9. The van der Waals surface area contributed by atoms with Crippen LogP contribution in [0.2, 0.25) is 0 Å². The molecule has 3 heterocycles. The van der Waals surface area contributed by atoms with E-state index < -0.39 is 0 Å². The van der Waals surface area contributed by atoms with E-state index in [0.29, 0.717) is 24.7 Å². The lowest BCUT2D eigenvalue weighted by Crippen LogP contribution is -2.36. The number of aromatic nitrogens is 4. The molecule has 1 unspecified atom stereocenters. The van der Waals surface area contributed by atoms with Crippen molar-refractivity contribution in [3.8, 4) is 0 Å². The van der Waals surface area contributed by atoms with E-state index in [4.69, 9.17) is 0 Å². The third-order valence-corrected chi connectivity index (χ3v) is 4.04. The number of likely N-dealkylation sites (tertiary alicyclic amines) is 1. The fourth-order valence-electron chi connectivity index (χ4n) is 2.80. The molecule has 0 saturated carbocycles. The van der Waals surface area contributed by atoms with Crippen molar-refractivity contribution in [1.82, 2.24) is 25.1 Å². The maximum absolute atomic E-state index is 12.5. The second kappa shape index (κ2) is 7.20. The molecule has 0 aliphatic carbocycles. The zero-order valence-corrected chi connectivity index (χ0v) is 13.5. The third-order valence-electron chi connectivity index (χ3n) is 4.04. The predicted molar refractivity (Wildman–Crippen MR) is 88.8 cm³/mol. The van der Waals surface area contributed by atoms with Crippen molar-refractivity contribution in [1.29, 1.82) is 0 Å². The summed E-state index contributed by atoms with van der Waals surface area (Å²) in [6.07, 6.45) is 5.92. The smallest absolute Gasteiger partial charge is 0.278 e. The van der Waals surface area contributed by atoms with E-state index in [1.54, 1.807) is 30.3 Å². The molecule has 2 aromatic heterocycles. The lowest BCUT2D eigenvalue weighted by Gasteiger charge is -2.20. The molecule has 24 heavy (non-hydrogen) atoms. The number of anilines is 1. The van der Waals surface area contributed by atoms with Crippen LogP contribution in [-0.4, -0.2) is 50.1 Å². The van der Waals surface area contributed by atoms with E-state index in [0.717, 1.165) is 19.3 Å². The van der Waals surface area contributed by atoms with E-state index in [-0.39, 0.29) is 23.1 Å². The highest BCUT2D eigenvalue weighted by atomic mass is 16.2. The fourth-order valence-corrected chi connectivity index (χ4v) is 2.80. The van der Waals surface area contributed by atoms with Crippen LogP contribution < -0.4 is 10.7 Å². The third kappa shape index (κ3) is 3.76. The van der Waals surface area contributed by atoms with Crippen molar-refractivity contribution in [2.24, 2.45) is 0 Å². The average Bonchev–Trinajstić information content (AvgIpc) is 2.81. The molecule has 0 radical (unpaired) electrons. The van der Waals surface area contributed by atoms with E-state index in [1.807, 2.05) is 0 Å². The van der Waals surface area contributed by atoms with Crippen LogP contribution in [-0.2, 0) is 0 Å². The van der Waals surface area contributed by atoms with Gasteiger partial charge in [-0.05, 0) is 32.3 Å². The number of aryl methyl sites for hydroxylation is 1. The number of carbonyl (C=O) groups excluding carboxylic acids is 1. The van der Waals surface area contributed by atoms with E-state index >= 15 is 0 Å². The molecule has 1 fully saturated rings. The number of carbonyl (C=O) groups is 1. The second-order valence-corrected chi connectivity index (χ2v) is 5.90. The molecule has 8 heteroatoms. The molecule has 126 valence electrons. The van der Waals surface area contributed by atoms with Crippen LogP contribution in [0, 0.1) is 6.92 Å². The SMILES string of the molecule is Cc1cc(=O)c(C(=O)N2CCCC(Nc3ncccn3)CC2)n[nH]1. The monoisotopic (exact) mass is 328 g/mol. The molecule has 1 atom stereocenters. The predicted octanol–water partition coefficient (Wildman–Crippen LogP) is 0.975. The summed E-state index contributed by atoms with van der Waals surface area (Å²) < 4.78 is 0. The molecule has 1 amide bonds. The minimum absolute atomic E-state index is 0.0431. The summed E-state index contributed by atoms with van der Waals surface area (Å²) in [6.45, 7) is 2.91. The maximum Gasteiger partial charge on any atom is 0.278 e. The highest BCUT2D eigenvalue weighted by molar-refractivity contribution is 5.92. The van der Waals surface area contributed by atoms with Gasteiger partial charge in [0.25, 0.3) is 5.91 Å². The lowest BCUT2D eigenvalue weighted by molar-refractivity contribution is 0.0753. The Hall–Kier alpha value is -2.77. The summed E-state index contributed by atoms with van der Waals surface area (Å²) >= 11 is 0. The Bertz CT molecular complexity index is 761. The molecule has 8 nitrogen and oxygen atoms in total. The normalized spacial score (nSPS) is 18.0. The van der Waals surface area contributed by atoms with Gasteiger partial charge in [-0.2, -0.15) is 5.10 Å². The molecule has 2 aromatic rings. The van der Waals surface area contributed by atoms with Gasteiger partial charge < -0.3 is 10.2 Å². The van der Waals surface area contributed by atoms with Gasteiger partial charge in [-0.3, -0.25) is 14.7 Å². The minimum Gasteiger partial charge on any atom is -0.351 e. The number of hydrogen-bond donors (Lipinski definition) is 2. The van der Waals surface area contributed by atoms with Crippen LogP contribution in [0.1, 0.15) is 35.4 Å². The van der Waals surface area contributed by atoms with Crippen molar-refractivity contribution in [2.45, 2.75) is 32.2 Å². The standard InChI is InChI=1S/C16H20N6O2/c1-11-10-13(23)14(21-20-11)15(24)22-8-2-4-12(5-9-22)19-16-17-6-3-7-18-16/h3,6-7,10,12H,2,4-5,8-9H2,1H3,(H,20,23)(H,17,18,19). The minimum atomic E-state index is -0.340. The molecule has 3 rings (SSSR count). The van der Waals surface area contributed by atoms with Crippen LogP contribution in [0.25, 0.3) is 0 Å². The topological polar surface area (TPSA) is 104 Å². The van der Waals surface area contributed by atoms with E-state index in [2.05, 4.69) is 25.5 Å². The van der Waals surface area contributed by atoms with E-state index in [9.17, 15) is 9.59 Å². The largest absolute Gasteiger partial charge is 0.351 e. The summed E-state index contributed by atoms with van der Waals surface area (Å²) in [5.74, 6) is 0.284. The number of rotatable bonds is 3. The summed E-state index contributed by atoms with van der Waals surface area (Å²) in [6, 6.07) is 3.37. The molecule has 1 aliphatic rings. The fraction of sp³-hybridized carbons (Fsp3) is 0.438. The van der Waals surface area contributed by atoms with Crippen molar-refractivity contribution >= 4 is 11.9 Å². The molecule has 0 spiro atoms. The quantitative estimate of drug-likeness (QED) is 0.870.